The summed E-state index contributed by atoms with van der Waals surface area (Å²) in [4.78, 5) is 22.3. The molecule has 0 aliphatic carbocycles. The average molecular weight is 265 g/mol. The molecular formula is C13H19N3O3. The Balaban J connectivity index is 2.37. The van der Waals surface area contributed by atoms with Gasteiger partial charge in [0.05, 0.1) is 0 Å². The fourth-order valence-electron chi connectivity index (χ4n) is 1.57. The van der Waals surface area contributed by atoms with Crippen LogP contribution in [0.2, 0.25) is 0 Å². The number of hydrazine groups is 1. The van der Waals surface area contributed by atoms with Crippen molar-refractivity contribution in [3.63, 3.8) is 0 Å². The molecule has 1 aromatic carbocycles. The predicted molar refractivity (Wildman–Crippen MR) is 71.3 cm³/mol. The van der Waals surface area contributed by atoms with Crippen LogP contribution in [0.25, 0.3) is 0 Å². The number of nitrogens with one attached hydrogen (secondary N) is 2. The van der Waals surface area contributed by atoms with Crippen LogP contribution in [-0.4, -0.2) is 35.2 Å². The van der Waals surface area contributed by atoms with Gasteiger partial charge in [-0.1, -0.05) is 37.3 Å². The van der Waals surface area contributed by atoms with Gasteiger partial charge in [-0.2, -0.15) is 0 Å². The van der Waals surface area contributed by atoms with Crippen molar-refractivity contribution in [2.45, 2.75) is 19.9 Å². The lowest BCUT2D eigenvalue weighted by molar-refractivity contribution is -0.138. The van der Waals surface area contributed by atoms with Crippen LogP contribution in [0.4, 0.5) is 4.79 Å². The summed E-state index contributed by atoms with van der Waals surface area (Å²) in [6, 6.07) is 9.09. The Labute approximate surface area is 112 Å². The first-order valence-electron chi connectivity index (χ1n) is 6.17. The van der Waals surface area contributed by atoms with Gasteiger partial charge >= 0.3 is 12.0 Å². The Hall–Kier alpha value is -2.08. The van der Waals surface area contributed by atoms with E-state index in [1.54, 1.807) is 0 Å². The maximum Gasteiger partial charge on any atom is 0.329 e. The van der Waals surface area contributed by atoms with Gasteiger partial charge in [0.25, 0.3) is 0 Å². The zero-order valence-electron chi connectivity index (χ0n) is 10.9. The number of carboxylic acids is 1. The van der Waals surface area contributed by atoms with Crippen molar-refractivity contribution >= 4 is 12.0 Å². The third-order valence-electron chi connectivity index (χ3n) is 2.38. The minimum absolute atomic E-state index is 0.216. The van der Waals surface area contributed by atoms with E-state index in [1.165, 1.54) is 5.01 Å². The number of benzene rings is 1. The van der Waals surface area contributed by atoms with E-state index in [4.69, 9.17) is 5.11 Å². The summed E-state index contributed by atoms with van der Waals surface area (Å²) in [5.41, 5.74) is 3.51. The second kappa shape index (κ2) is 8.10. The molecule has 0 aliphatic heterocycles. The molecule has 19 heavy (non-hydrogen) atoms. The van der Waals surface area contributed by atoms with Gasteiger partial charge in [0, 0.05) is 13.1 Å². The highest BCUT2D eigenvalue weighted by atomic mass is 16.4. The quantitative estimate of drug-likeness (QED) is 0.647. The van der Waals surface area contributed by atoms with E-state index < -0.39 is 12.0 Å². The highest BCUT2D eigenvalue weighted by Gasteiger charge is 2.11. The molecule has 3 N–H and O–H groups in total. The fourth-order valence-corrected chi connectivity index (χ4v) is 1.57. The second-order valence-electron chi connectivity index (χ2n) is 4.10. The SMILES string of the molecule is CCCN(CC(=O)O)NC(=O)NCc1ccccc1. The molecule has 0 aliphatic rings. The van der Waals surface area contributed by atoms with Crippen molar-refractivity contribution < 1.29 is 14.7 Å². The van der Waals surface area contributed by atoms with Crippen LogP contribution in [0.5, 0.6) is 0 Å². The number of aliphatic carboxylic acids is 1. The number of carbonyl (C=O) groups excluding carboxylic acids is 1. The van der Waals surface area contributed by atoms with E-state index in [1.807, 2.05) is 37.3 Å². The lowest BCUT2D eigenvalue weighted by atomic mass is 10.2. The lowest BCUT2D eigenvalue weighted by Crippen LogP contribution is -2.49. The van der Waals surface area contributed by atoms with E-state index in [-0.39, 0.29) is 6.54 Å². The molecule has 1 aromatic rings. The molecule has 0 spiro atoms. The molecule has 2 amide bonds. The van der Waals surface area contributed by atoms with Gasteiger partial charge in [-0.15, -0.1) is 0 Å². The zero-order valence-corrected chi connectivity index (χ0v) is 10.9. The normalized spacial score (nSPS) is 10.2. The average Bonchev–Trinajstić information content (AvgIpc) is 2.37. The zero-order chi connectivity index (χ0) is 14.1. The first-order chi connectivity index (χ1) is 9.11. The van der Waals surface area contributed by atoms with Gasteiger partial charge in [-0.25, -0.2) is 9.80 Å². The molecule has 6 nitrogen and oxygen atoms in total. The van der Waals surface area contributed by atoms with Gasteiger partial charge in [0.1, 0.15) is 6.54 Å². The Morgan fingerprint density at radius 1 is 1.26 bits per heavy atom. The van der Waals surface area contributed by atoms with Crippen LogP contribution in [0.3, 0.4) is 0 Å². The lowest BCUT2D eigenvalue weighted by Gasteiger charge is -2.20. The third kappa shape index (κ3) is 6.42. The predicted octanol–water partition coefficient (Wildman–Crippen LogP) is 1.20. The van der Waals surface area contributed by atoms with Crippen molar-refractivity contribution in [2.24, 2.45) is 0 Å². The van der Waals surface area contributed by atoms with Crippen LogP contribution in [-0.2, 0) is 11.3 Å². The summed E-state index contributed by atoms with van der Waals surface area (Å²) in [7, 11) is 0. The largest absolute Gasteiger partial charge is 0.480 e. The summed E-state index contributed by atoms with van der Waals surface area (Å²) in [5.74, 6) is -0.975. The van der Waals surface area contributed by atoms with E-state index in [0.717, 1.165) is 12.0 Å². The van der Waals surface area contributed by atoms with E-state index in [0.29, 0.717) is 13.1 Å². The maximum absolute atomic E-state index is 11.6. The molecule has 0 bridgehead atoms. The number of rotatable bonds is 7. The molecular weight excluding hydrogens is 246 g/mol. The number of hydrogen-bond acceptors (Lipinski definition) is 3. The third-order valence-corrected chi connectivity index (χ3v) is 2.38. The van der Waals surface area contributed by atoms with Gasteiger partial charge < -0.3 is 10.4 Å². The Kier molecular flexibility index (Phi) is 6.38. The molecule has 104 valence electrons. The summed E-state index contributed by atoms with van der Waals surface area (Å²) in [6.45, 7) is 2.59. The van der Waals surface area contributed by atoms with Crippen molar-refractivity contribution in [1.29, 1.82) is 0 Å². The minimum atomic E-state index is -0.975. The Morgan fingerprint density at radius 3 is 2.53 bits per heavy atom. The van der Waals surface area contributed by atoms with Crippen molar-refractivity contribution in [1.82, 2.24) is 15.8 Å². The molecule has 0 aromatic heterocycles. The van der Waals surface area contributed by atoms with Crippen LogP contribution < -0.4 is 10.7 Å². The molecule has 1 rings (SSSR count). The van der Waals surface area contributed by atoms with E-state index >= 15 is 0 Å². The van der Waals surface area contributed by atoms with Crippen molar-refractivity contribution in [3.05, 3.63) is 35.9 Å². The smallest absolute Gasteiger partial charge is 0.329 e. The van der Waals surface area contributed by atoms with Crippen LogP contribution >= 0.6 is 0 Å². The van der Waals surface area contributed by atoms with Crippen LogP contribution in [0, 0.1) is 0 Å². The first kappa shape index (κ1) is 15.0. The molecule has 0 radical (unpaired) electrons. The molecule has 0 unspecified atom stereocenters. The Morgan fingerprint density at radius 2 is 1.95 bits per heavy atom. The van der Waals surface area contributed by atoms with Gasteiger partial charge in [0.2, 0.25) is 0 Å². The summed E-state index contributed by atoms with van der Waals surface area (Å²) in [5, 5.41) is 12.8. The van der Waals surface area contributed by atoms with Crippen LogP contribution in [0.1, 0.15) is 18.9 Å². The number of urea groups is 1. The number of carbonyl (C=O) groups is 2. The molecule has 0 atom stereocenters. The van der Waals surface area contributed by atoms with Gasteiger partial charge in [0.15, 0.2) is 0 Å². The number of nitrogens with zero attached hydrogens (tertiary/aromatic N) is 1. The van der Waals surface area contributed by atoms with Gasteiger partial charge in [-0.3, -0.25) is 10.2 Å². The second-order valence-corrected chi connectivity index (χ2v) is 4.10. The van der Waals surface area contributed by atoms with Crippen LogP contribution in [0.15, 0.2) is 30.3 Å². The minimum Gasteiger partial charge on any atom is -0.480 e. The first-order valence-corrected chi connectivity index (χ1v) is 6.17. The number of hydrogen-bond donors (Lipinski definition) is 3. The number of carboxylic acid groups (broad SMARTS) is 1. The highest BCUT2D eigenvalue weighted by molar-refractivity contribution is 5.74. The van der Waals surface area contributed by atoms with Crippen molar-refractivity contribution in [2.75, 3.05) is 13.1 Å². The number of amides is 2. The molecule has 6 heteroatoms. The molecule has 0 saturated carbocycles. The molecule has 0 saturated heterocycles. The maximum atomic E-state index is 11.6. The monoisotopic (exact) mass is 265 g/mol. The summed E-state index contributed by atoms with van der Waals surface area (Å²) >= 11 is 0. The molecule has 0 fully saturated rings. The van der Waals surface area contributed by atoms with E-state index in [2.05, 4.69) is 10.7 Å². The summed E-state index contributed by atoms with van der Waals surface area (Å²) in [6.07, 6.45) is 0.756. The summed E-state index contributed by atoms with van der Waals surface area (Å²) < 4.78 is 0. The van der Waals surface area contributed by atoms with E-state index in [9.17, 15) is 9.59 Å². The van der Waals surface area contributed by atoms with Gasteiger partial charge in [-0.05, 0) is 12.0 Å². The Bertz CT molecular complexity index is 409. The molecule has 0 heterocycles. The van der Waals surface area contributed by atoms with Crippen molar-refractivity contribution in [3.8, 4) is 0 Å². The topological polar surface area (TPSA) is 81.7 Å². The highest BCUT2D eigenvalue weighted by Crippen LogP contribution is 1.97. The standard InChI is InChI=1S/C13H19N3O3/c1-2-8-16(10-12(17)18)15-13(19)14-9-11-6-4-3-5-7-11/h3-7H,2,8-10H2,1H3,(H,17,18)(H2,14,15,19). The fraction of sp³-hybridized carbons (Fsp3) is 0.385.